The number of rotatable bonds is 22. The standard InChI is InChI=1S/C80H94N10O8/c1-15-20-22-24-33-89-77(93)69-46(11)60-37-57-43(8)51(65(83-57)39-62-48(17-3)41(6)55(81-62)35-58-44(9)52(29-31-67(91)97-13)73(85-58)71(79(89)95)75(69)87-60)27-26-28-54-50(19-5)64-38-61-47(12)70-76(88-61)72(80(96)90(78(70)94)34-25-23-21-16-2)74-53(30-32-68(92)98-14)45(10)59(86-74)36-56-42(7)49(18-4)63(82-56)40-66(54)84-64/h26-27,35-40,44-45,52-53,85-88H,15-25,28-34H2,1-14H3/b27-26-,57-37?,58-35?,59-36?,62-39?,63-40?,64-38?,73-71?,74-72?/t44-,45-,52-,53-/m0/s1. The third-order valence-corrected chi connectivity index (χ3v) is 21.8. The van der Waals surface area contributed by atoms with Gasteiger partial charge in [0, 0.05) is 89.0 Å². The minimum Gasteiger partial charge on any atom is -0.469 e. The minimum absolute atomic E-state index is 0.145. The Bertz CT molecular complexity index is 4650. The second kappa shape index (κ2) is 28.3. The third-order valence-electron chi connectivity index (χ3n) is 21.8. The zero-order valence-corrected chi connectivity index (χ0v) is 59.6. The SMILES string of the molecule is CCCCCCN1C(=O)c2c3[nH]c(cc4nc(cc5nc(cc6[nH]c2c(c6C)C1=O)C(C)=C5/C=C\CC1=C(CC)c2cc5[nH]c6c(c7[nH]c(cc8nc(cc1n2)C(CC)=C8C)[C@@H](C)[C@@H]7CCC(=O)OC)C(=O)N(CCCCCC)C(=O)c6c5C)C(CC)=C4C)[C@@H](C)[C@@H]3CCC(=O)OC. The number of carbonyl (C=O) groups excluding carboxylic acids is 6. The van der Waals surface area contributed by atoms with Gasteiger partial charge in [0.2, 0.25) is 0 Å². The number of aryl methyl sites for hydroxylation is 2. The topological polar surface area (TPSA) is 242 Å². The number of methoxy groups -OCH3 is 2. The van der Waals surface area contributed by atoms with E-state index in [-0.39, 0.29) is 85.2 Å². The van der Waals surface area contributed by atoms with E-state index in [1.165, 1.54) is 24.0 Å². The van der Waals surface area contributed by atoms with E-state index in [2.05, 4.69) is 126 Å². The number of imide groups is 2. The van der Waals surface area contributed by atoms with Crippen LogP contribution in [-0.4, -0.2) is 113 Å². The van der Waals surface area contributed by atoms with Gasteiger partial charge in [-0.25, -0.2) is 19.9 Å². The first kappa shape index (κ1) is 68.6. The fourth-order valence-electron chi connectivity index (χ4n) is 16.0. The van der Waals surface area contributed by atoms with Gasteiger partial charge in [-0.05, 0) is 173 Å². The number of carbonyl (C=O) groups is 6. The predicted octanol–water partition coefficient (Wildman–Crippen LogP) is 17.6. The predicted molar refractivity (Wildman–Crippen MR) is 387 cm³/mol. The van der Waals surface area contributed by atoms with Crippen molar-refractivity contribution in [3.63, 3.8) is 0 Å². The number of nitrogens with one attached hydrogen (secondary N) is 4. The second-order valence-corrected chi connectivity index (χ2v) is 27.5. The summed E-state index contributed by atoms with van der Waals surface area (Å²) >= 11 is 0. The molecular formula is C80H94N10O8. The summed E-state index contributed by atoms with van der Waals surface area (Å²) in [5, 5.41) is 0. The van der Waals surface area contributed by atoms with Crippen molar-refractivity contribution in [2.24, 2.45) is 0 Å². The summed E-state index contributed by atoms with van der Waals surface area (Å²) in [4.78, 5) is 125. The molecule has 4 amide bonds. The monoisotopic (exact) mass is 1320 g/mol. The van der Waals surface area contributed by atoms with E-state index in [0.29, 0.717) is 117 Å². The largest absolute Gasteiger partial charge is 0.469 e. The average molecular weight is 1320 g/mol. The summed E-state index contributed by atoms with van der Waals surface area (Å²) in [6.45, 7) is 25.6. The maximum atomic E-state index is 15.3. The maximum absolute atomic E-state index is 15.3. The smallest absolute Gasteiger partial charge is 0.305 e. The Morgan fingerprint density at radius 2 is 0.867 bits per heavy atom. The van der Waals surface area contributed by atoms with E-state index >= 15 is 9.59 Å². The molecule has 18 nitrogen and oxygen atoms in total. The quantitative estimate of drug-likeness (QED) is 0.0326. The van der Waals surface area contributed by atoms with Crippen LogP contribution in [0.2, 0.25) is 0 Å². The molecule has 0 saturated heterocycles. The number of aromatic nitrogens is 8. The van der Waals surface area contributed by atoms with E-state index in [0.717, 1.165) is 141 Å². The molecule has 12 heterocycles. The Kier molecular flexibility index (Phi) is 19.8. The van der Waals surface area contributed by atoms with Gasteiger partial charge in [-0.15, -0.1) is 0 Å². The number of nitrogens with zero attached hydrogens (tertiary/aromatic N) is 6. The maximum Gasteiger partial charge on any atom is 0.305 e. The van der Waals surface area contributed by atoms with Gasteiger partial charge in [0.05, 0.1) is 93.1 Å². The summed E-state index contributed by atoms with van der Waals surface area (Å²) in [7, 11) is 2.78. The van der Waals surface area contributed by atoms with Crippen LogP contribution in [0.25, 0.3) is 66.7 Å². The fraction of sp³-hybridized carbons (Fsp3) is 0.450. The molecule has 0 spiro atoms. The molecule has 0 saturated carbocycles. The Hall–Kier alpha value is -9.32. The van der Waals surface area contributed by atoms with E-state index < -0.39 is 0 Å². The molecule has 4 atom stereocenters. The van der Waals surface area contributed by atoms with E-state index in [1.54, 1.807) is 0 Å². The van der Waals surface area contributed by atoms with Gasteiger partial charge in [-0.3, -0.25) is 38.6 Å². The number of hydrogen-bond donors (Lipinski definition) is 4. The lowest BCUT2D eigenvalue weighted by Crippen LogP contribution is -2.41. The molecule has 512 valence electrons. The van der Waals surface area contributed by atoms with Crippen LogP contribution in [0.5, 0.6) is 0 Å². The van der Waals surface area contributed by atoms with Crippen molar-refractivity contribution in [1.82, 2.24) is 49.7 Å². The van der Waals surface area contributed by atoms with E-state index in [9.17, 15) is 19.2 Å². The first-order valence-electron chi connectivity index (χ1n) is 35.7. The zero-order valence-electron chi connectivity index (χ0n) is 59.6. The van der Waals surface area contributed by atoms with Gasteiger partial charge in [-0.2, -0.15) is 0 Å². The van der Waals surface area contributed by atoms with E-state index in [1.807, 2.05) is 26.0 Å². The van der Waals surface area contributed by atoms with Gasteiger partial charge in [-0.1, -0.05) is 99.1 Å². The Labute approximate surface area is 574 Å². The Morgan fingerprint density at radius 1 is 0.469 bits per heavy atom. The highest BCUT2D eigenvalue weighted by Crippen LogP contribution is 2.48. The molecule has 0 unspecified atom stereocenters. The van der Waals surface area contributed by atoms with Crippen molar-refractivity contribution in [2.75, 3.05) is 27.3 Å². The number of fused-ring (bicyclic) bond motifs is 16. The number of aromatic amines is 4. The van der Waals surface area contributed by atoms with Gasteiger partial charge >= 0.3 is 11.9 Å². The van der Waals surface area contributed by atoms with Gasteiger partial charge in [0.25, 0.3) is 23.6 Å². The van der Waals surface area contributed by atoms with Crippen LogP contribution < -0.4 is 0 Å². The second-order valence-electron chi connectivity index (χ2n) is 27.5. The molecule has 8 aliphatic heterocycles. The van der Waals surface area contributed by atoms with Gasteiger partial charge in [0.1, 0.15) is 0 Å². The Morgan fingerprint density at radius 3 is 1.32 bits per heavy atom. The summed E-state index contributed by atoms with van der Waals surface area (Å²) in [5.41, 5.74) is 22.7. The molecule has 0 aliphatic carbocycles. The lowest BCUT2D eigenvalue weighted by Gasteiger charge is -2.27. The molecular weight excluding hydrogens is 1230 g/mol. The average Bonchev–Trinajstić information content (AvgIpc) is 1.55. The molecule has 4 aromatic heterocycles. The van der Waals surface area contributed by atoms with Crippen molar-refractivity contribution in [1.29, 1.82) is 0 Å². The number of amides is 4. The fourth-order valence-corrected chi connectivity index (χ4v) is 16.0. The van der Waals surface area contributed by atoms with Crippen LogP contribution in [0.15, 0.2) is 48.6 Å². The number of allylic oxidation sites excluding steroid dienone is 10. The summed E-state index contributed by atoms with van der Waals surface area (Å²) < 4.78 is 10.3. The lowest BCUT2D eigenvalue weighted by molar-refractivity contribution is -0.141. The van der Waals surface area contributed by atoms with E-state index in [4.69, 9.17) is 29.4 Å². The molecule has 0 radical (unpaired) electrons. The number of ether oxygens (including phenoxy) is 2. The molecule has 0 fully saturated rings. The Balaban J connectivity index is 1.04. The van der Waals surface area contributed by atoms with Crippen LogP contribution in [-0.2, 0) is 19.1 Å². The van der Waals surface area contributed by atoms with Crippen LogP contribution in [0.4, 0.5) is 0 Å². The highest BCUT2D eigenvalue weighted by atomic mass is 16.5. The number of H-pyrrole nitrogens is 4. The van der Waals surface area contributed by atoms with Crippen LogP contribution in [0.3, 0.4) is 0 Å². The first-order chi connectivity index (χ1) is 47.2. The highest BCUT2D eigenvalue weighted by Gasteiger charge is 2.43. The van der Waals surface area contributed by atoms with Gasteiger partial charge in [0.15, 0.2) is 0 Å². The molecule has 4 aromatic rings. The molecule has 12 rings (SSSR count). The minimum atomic E-state index is -0.370. The van der Waals surface area contributed by atoms with Crippen molar-refractivity contribution >= 4 is 102 Å². The van der Waals surface area contributed by atoms with Crippen LogP contribution >= 0.6 is 0 Å². The number of unbranched alkanes of at least 4 members (excludes halogenated alkanes) is 6. The first-order valence-corrected chi connectivity index (χ1v) is 35.7. The van der Waals surface area contributed by atoms with Crippen LogP contribution in [0, 0.1) is 13.8 Å². The van der Waals surface area contributed by atoms with Crippen LogP contribution in [0.1, 0.15) is 317 Å². The van der Waals surface area contributed by atoms with Crippen molar-refractivity contribution in [3.05, 3.63) is 150 Å². The van der Waals surface area contributed by atoms with Crippen molar-refractivity contribution in [2.45, 2.75) is 209 Å². The lowest BCUT2D eigenvalue weighted by atomic mass is 9.84. The number of esters is 2. The summed E-state index contributed by atoms with van der Waals surface area (Å²) in [6.07, 6.45) is 15.1. The highest BCUT2D eigenvalue weighted by molar-refractivity contribution is 6.24. The summed E-state index contributed by atoms with van der Waals surface area (Å²) in [5.74, 6) is -2.98. The molecule has 4 N–H and O–H groups in total. The van der Waals surface area contributed by atoms with Crippen molar-refractivity contribution in [3.8, 4) is 0 Å². The third kappa shape index (κ3) is 12.2. The molecule has 16 bridgehead atoms. The molecule has 8 aliphatic rings. The zero-order chi connectivity index (χ0) is 69.7. The summed E-state index contributed by atoms with van der Waals surface area (Å²) in [6, 6.07) is 12.4. The molecule has 0 aromatic carbocycles. The molecule has 18 heteroatoms. The molecule has 98 heavy (non-hydrogen) atoms. The number of hydrogen-bond acceptors (Lipinski definition) is 12. The normalized spacial score (nSPS) is 18.3. The van der Waals surface area contributed by atoms with Crippen molar-refractivity contribution < 1.29 is 38.2 Å². The van der Waals surface area contributed by atoms with Gasteiger partial charge < -0.3 is 29.4 Å².